The lowest BCUT2D eigenvalue weighted by Gasteiger charge is -2.38. The van der Waals surface area contributed by atoms with E-state index < -0.39 is 0 Å². The maximum atomic E-state index is 11.9. The molecule has 29 heavy (non-hydrogen) atoms. The van der Waals surface area contributed by atoms with E-state index >= 15 is 0 Å². The van der Waals surface area contributed by atoms with Crippen LogP contribution in [0, 0.1) is 6.92 Å². The van der Waals surface area contributed by atoms with E-state index in [9.17, 15) is 4.79 Å². The number of carbonyl (C=O) groups is 1. The van der Waals surface area contributed by atoms with Crippen LogP contribution >= 0.6 is 11.3 Å². The second-order valence-electron chi connectivity index (χ2n) is 7.34. The highest BCUT2D eigenvalue weighted by atomic mass is 32.1. The molecule has 6 heteroatoms. The van der Waals surface area contributed by atoms with Gasteiger partial charge in [-0.05, 0) is 50.6 Å². The van der Waals surface area contributed by atoms with Gasteiger partial charge in [-0.15, -0.1) is 11.3 Å². The molecule has 3 aromatic rings. The predicted molar refractivity (Wildman–Crippen MR) is 115 cm³/mol. The first-order valence-corrected chi connectivity index (χ1v) is 10.9. The molecular formula is C23H25N3O2S. The van der Waals surface area contributed by atoms with E-state index in [1.165, 1.54) is 0 Å². The Balaban J connectivity index is 1.50. The molecule has 1 aromatic carbocycles. The first-order chi connectivity index (χ1) is 14.2. The fourth-order valence-corrected chi connectivity index (χ4v) is 4.60. The van der Waals surface area contributed by atoms with Crippen molar-refractivity contribution in [2.75, 3.05) is 13.2 Å². The number of para-hydroxylation sites is 1. The number of nitrogens with zero attached hydrogens (tertiary/aromatic N) is 3. The number of hydrogen-bond donors (Lipinski definition) is 0. The molecule has 1 saturated heterocycles. The number of piperidine rings is 1. The van der Waals surface area contributed by atoms with Crippen LogP contribution in [0.25, 0.3) is 10.6 Å². The Kier molecular flexibility index (Phi) is 6.32. The van der Waals surface area contributed by atoms with E-state index in [-0.39, 0.29) is 12.1 Å². The zero-order chi connectivity index (χ0) is 20.1. The third-order valence-electron chi connectivity index (χ3n) is 5.31. The molecule has 2 aromatic heterocycles. The lowest BCUT2D eigenvalue weighted by Crippen LogP contribution is -2.45. The third-order valence-corrected chi connectivity index (χ3v) is 6.22. The smallest absolute Gasteiger partial charge is 0.140 e. The minimum Gasteiger partial charge on any atom is -0.491 e. The van der Waals surface area contributed by atoms with Crippen molar-refractivity contribution in [2.24, 2.45) is 0 Å². The SMILES string of the molecule is Cc1ccc(-c2nc(C3CCCCN3C(C=O)COc3ccccc3)cs2)cn1. The normalized spacial score (nSPS) is 18.3. The van der Waals surface area contributed by atoms with Crippen LogP contribution in [-0.2, 0) is 4.79 Å². The van der Waals surface area contributed by atoms with Gasteiger partial charge in [-0.25, -0.2) is 4.98 Å². The second kappa shape index (κ2) is 9.29. The van der Waals surface area contributed by atoms with E-state index in [0.717, 1.165) is 59.8 Å². The summed E-state index contributed by atoms with van der Waals surface area (Å²) >= 11 is 1.64. The highest BCUT2D eigenvalue weighted by molar-refractivity contribution is 7.13. The Bertz CT molecular complexity index is 927. The number of rotatable bonds is 7. The number of likely N-dealkylation sites (tertiary alicyclic amines) is 1. The highest BCUT2D eigenvalue weighted by Gasteiger charge is 2.32. The van der Waals surface area contributed by atoms with Gasteiger partial charge in [0.15, 0.2) is 0 Å². The van der Waals surface area contributed by atoms with Crippen LogP contribution in [0.15, 0.2) is 54.0 Å². The van der Waals surface area contributed by atoms with E-state index in [1.54, 1.807) is 11.3 Å². The molecule has 1 aliphatic heterocycles. The number of carbonyl (C=O) groups excluding carboxylic acids is 1. The molecule has 3 heterocycles. The zero-order valence-electron chi connectivity index (χ0n) is 16.5. The number of ether oxygens (including phenoxy) is 1. The number of aryl methyl sites for hydroxylation is 1. The number of aromatic nitrogens is 2. The van der Waals surface area contributed by atoms with Gasteiger partial charge in [0.05, 0.1) is 11.7 Å². The van der Waals surface area contributed by atoms with E-state index in [4.69, 9.17) is 9.72 Å². The zero-order valence-corrected chi connectivity index (χ0v) is 17.3. The average molecular weight is 408 g/mol. The van der Waals surface area contributed by atoms with Crippen LogP contribution in [0.5, 0.6) is 5.75 Å². The van der Waals surface area contributed by atoms with Crippen molar-refractivity contribution in [3.63, 3.8) is 0 Å². The Morgan fingerprint density at radius 1 is 1.24 bits per heavy atom. The van der Waals surface area contributed by atoms with Crippen LogP contribution < -0.4 is 4.74 Å². The molecule has 0 spiro atoms. The van der Waals surface area contributed by atoms with Crippen LogP contribution in [0.2, 0.25) is 0 Å². The second-order valence-corrected chi connectivity index (χ2v) is 8.20. The standard InChI is InChI=1S/C23H25N3O2S/c1-17-10-11-18(13-24-17)23-25-21(16-29-23)22-9-5-6-12-26(22)19(14-27)15-28-20-7-3-2-4-8-20/h2-4,7-8,10-11,13-14,16,19,22H,5-6,9,12,15H2,1H3. The quantitative estimate of drug-likeness (QED) is 0.532. The largest absolute Gasteiger partial charge is 0.491 e. The van der Waals surface area contributed by atoms with Gasteiger partial charge in [0.2, 0.25) is 0 Å². The molecule has 2 unspecified atom stereocenters. The van der Waals surface area contributed by atoms with Crippen LogP contribution in [0.1, 0.15) is 36.7 Å². The molecule has 5 nitrogen and oxygen atoms in total. The molecule has 0 radical (unpaired) electrons. The molecular weight excluding hydrogens is 382 g/mol. The summed E-state index contributed by atoms with van der Waals surface area (Å²) in [6, 6.07) is 13.6. The van der Waals surface area contributed by atoms with Crippen molar-refractivity contribution in [1.29, 1.82) is 0 Å². The molecule has 0 amide bonds. The Hall–Kier alpha value is -2.57. The minimum absolute atomic E-state index is 0.140. The van der Waals surface area contributed by atoms with Gasteiger partial charge in [0, 0.05) is 22.8 Å². The van der Waals surface area contributed by atoms with Crippen molar-refractivity contribution in [1.82, 2.24) is 14.9 Å². The maximum absolute atomic E-state index is 11.9. The fourth-order valence-electron chi connectivity index (χ4n) is 3.75. The molecule has 0 N–H and O–H groups in total. The summed E-state index contributed by atoms with van der Waals surface area (Å²) in [6.07, 6.45) is 6.12. The molecule has 0 aliphatic carbocycles. The number of pyridine rings is 1. The van der Waals surface area contributed by atoms with Gasteiger partial charge in [0.25, 0.3) is 0 Å². The molecule has 4 rings (SSSR count). The van der Waals surface area contributed by atoms with Crippen LogP contribution in [0.4, 0.5) is 0 Å². The van der Waals surface area contributed by atoms with Gasteiger partial charge in [-0.3, -0.25) is 9.88 Å². The Morgan fingerprint density at radius 3 is 2.86 bits per heavy atom. The maximum Gasteiger partial charge on any atom is 0.140 e. The number of aldehydes is 1. The molecule has 1 fully saturated rings. The Labute approximate surface area is 175 Å². The summed E-state index contributed by atoms with van der Waals surface area (Å²) in [7, 11) is 0. The third kappa shape index (κ3) is 4.71. The van der Waals surface area contributed by atoms with Crippen molar-refractivity contribution in [3.05, 3.63) is 65.4 Å². The summed E-state index contributed by atoms with van der Waals surface area (Å²) in [5, 5.41) is 3.10. The molecule has 1 aliphatic rings. The van der Waals surface area contributed by atoms with Crippen molar-refractivity contribution >= 4 is 17.6 Å². The number of benzene rings is 1. The monoisotopic (exact) mass is 407 g/mol. The lowest BCUT2D eigenvalue weighted by molar-refractivity contribution is -0.115. The van der Waals surface area contributed by atoms with Crippen molar-refractivity contribution in [2.45, 2.75) is 38.3 Å². The van der Waals surface area contributed by atoms with Crippen molar-refractivity contribution < 1.29 is 9.53 Å². The summed E-state index contributed by atoms with van der Waals surface area (Å²) in [5.74, 6) is 0.788. The first kappa shape index (κ1) is 19.7. The van der Waals surface area contributed by atoms with Gasteiger partial charge in [-0.2, -0.15) is 0 Å². The number of hydrogen-bond acceptors (Lipinski definition) is 6. The molecule has 2 atom stereocenters. The summed E-state index contributed by atoms with van der Waals surface area (Å²) in [5.41, 5.74) is 3.07. The lowest BCUT2D eigenvalue weighted by atomic mass is 9.98. The summed E-state index contributed by atoms with van der Waals surface area (Å²) < 4.78 is 5.88. The predicted octanol–water partition coefficient (Wildman–Crippen LogP) is 4.69. The number of thiazole rings is 1. The molecule has 150 valence electrons. The average Bonchev–Trinajstić information content (AvgIpc) is 3.26. The molecule has 0 bridgehead atoms. The van der Waals surface area contributed by atoms with E-state index in [0.29, 0.717) is 6.61 Å². The van der Waals surface area contributed by atoms with Gasteiger partial charge in [-0.1, -0.05) is 24.6 Å². The summed E-state index contributed by atoms with van der Waals surface area (Å²) in [4.78, 5) is 23.4. The van der Waals surface area contributed by atoms with Gasteiger partial charge < -0.3 is 9.53 Å². The van der Waals surface area contributed by atoms with E-state index in [1.807, 2.05) is 49.5 Å². The van der Waals surface area contributed by atoms with Gasteiger partial charge >= 0.3 is 0 Å². The fraction of sp³-hybridized carbons (Fsp3) is 0.348. The van der Waals surface area contributed by atoms with Crippen molar-refractivity contribution in [3.8, 4) is 16.3 Å². The van der Waals surface area contributed by atoms with Crippen LogP contribution in [-0.4, -0.2) is 40.3 Å². The summed E-state index contributed by atoms with van der Waals surface area (Å²) in [6.45, 7) is 3.21. The van der Waals surface area contributed by atoms with Crippen LogP contribution in [0.3, 0.4) is 0 Å². The molecule has 0 saturated carbocycles. The Morgan fingerprint density at radius 2 is 2.10 bits per heavy atom. The van der Waals surface area contributed by atoms with E-state index in [2.05, 4.69) is 21.3 Å². The first-order valence-electron chi connectivity index (χ1n) is 10.0. The minimum atomic E-state index is -0.285. The highest BCUT2D eigenvalue weighted by Crippen LogP contribution is 2.35. The van der Waals surface area contributed by atoms with Gasteiger partial charge in [0.1, 0.15) is 29.7 Å². The topological polar surface area (TPSA) is 55.3 Å².